The smallest absolute Gasteiger partial charge is 0.333 e. The third kappa shape index (κ3) is 5.71. The molecule has 0 heterocycles. The molecule has 0 bridgehead atoms. The first kappa shape index (κ1) is 11.5. The number of hydrogen-bond acceptors (Lipinski definition) is 3. The van der Waals surface area contributed by atoms with Crippen LogP contribution in [0.2, 0.25) is 0 Å². The molecule has 0 saturated heterocycles. The summed E-state index contributed by atoms with van der Waals surface area (Å²) in [6.45, 7) is 0. The van der Waals surface area contributed by atoms with Gasteiger partial charge in [0.15, 0.2) is 0 Å². The van der Waals surface area contributed by atoms with Crippen LogP contribution in [0.25, 0.3) is 0 Å². The summed E-state index contributed by atoms with van der Waals surface area (Å²) < 4.78 is 38.2. The van der Waals surface area contributed by atoms with Gasteiger partial charge in [0.05, 0.1) is 0 Å². The van der Waals surface area contributed by atoms with E-state index in [2.05, 4.69) is 4.74 Å². The first-order valence-electron chi connectivity index (χ1n) is 2.97. The quantitative estimate of drug-likeness (QED) is 0.534. The maximum Gasteiger partial charge on any atom is 0.333 e. The Balaban J connectivity index is 3.95. The Morgan fingerprint density at radius 2 is 1.77 bits per heavy atom. The first-order valence-corrected chi connectivity index (χ1v) is 2.97. The molecule has 0 aromatic heterocycles. The number of alkyl halides is 3. The third-order valence-electron chi connectivity index (χ3n) is 0.789. The number of aliphatic carboxylic acids is 1. The van der Waals surface area contributed by atoms with Gasteiger partial charge in [-0.25, -0.2) is 18.4 Å². The van der Waals surface area contributed by atoms with E-state index in [1.807, 2.05) is 0 Å². The lowest BCUT2D eigenvalue weighted by Gasteiger charge is -2.05. The van der Waals surface area contributed by atoms with Crippen LogP contribution in [0.4, 0.5) is 13.2 Å². The van der Waals surface area contributed by atoms with E-state index in [0.717, 1.165) is 0 Å². The van der Waals surface area contributed by atoms with E-state index in [-0.39, 0.29) is 0 Å². The van der Waals surface area contributed by atoms with E-state index in [0.29, 0.717) is 12.2 Å². The fourth-order valence-corrected chi connectivity index (χ4v) is 0.341. The normalized spacial score (nSPS) is 13.2. The van der Waals surface area contributed by atoms with Crippen LogP contribution >= 0.6 is 0 Å². The SMILES string of the molecule is O=C(O)/C=C\C(=O)OC(F)C(F)F. The summed E-state index contributed by atoms with van der Waals surface area (Å²) in [7, 11) is 0. The number of ether oxygens (including phenoxy) is 1. The fraction of sp³-hybridized carbons (Fsp3) is 0.333. The molecule has 7 heteroatoms. The second-order valence-electron chi connectivity index (χ2n) is 1.79. The zero-order valence-electron chi connectivity index (χ0n) is 6.12. The Morgan fingerprint density at radius 1 is 1.23 bits per heavy atom. The maximum atomic E-state index is 11.9. The number of hydrogen-bond donors (Lipinski definition) is 1. The number of halogens is 3. The Hall–Kier alpha value is -1.53. The second kappa shape index (κ2) is 5.18. The topological polar surface area (TPSA) is 63.6 Å². The maximum absolute atomic E-state index is 11.9. The van der Waals surface area contributed by atoms with Gasteiger partial charge in [-0.1, -0.05) is 0 Å². The average molecular weight is 198 g/mol. The van der Waals surface area contributed by atoms with E-state index in [4.69, 9.17) is 5.11 Å². The molecule has 0 aliphatic carbocycles. The van der Waals surface area contributed by atoms with E-state index >= 15 is 0 Å². The highest BCUT2D eigenvalue weighted by atomic mass is 19.3. The largest absolute Gasteiger partial charge is 0.478 e. The van der Waals surface area contributed by atoms with Crippen molar-refractivity contribution in [3.8, 4) is 0 Å². The minimum absolute atomic E-state index is 0.331. The number of rotatable bonds is 4. The van der Waals surface area contributed by atoms with Crippen molar-refractivity contribution in [2.75, 3.05) is 0 Å². The Morgan fingerprint density at radius 3 is 2.15 bits per heavy atom. The van der Waals surface area contributed by atoms with Crippen molar-refractivity contribution in [1.29, 1.82) is 0 Å². The van der Waals surface area contributed by atoms with Gasteiger partial charge in [0.2, 0.25) is 0 Å². The standard InChI is InChI=1S/C6H5F3O4/c7-5(8)6(9)13-4(12)2-1-3(10)11/h1-2,5-6H,(H,10,11)/b2-1-. The Kier molecular flexibility index (Phi) is 4.57. The summed E-state index contributed by atoms with van der Waals surface area (Å²) in [5.74, 6) is -2.94. The highest BCUT2D eigenvalue weighted by Crippen LogP contribution is 2.06. The lowest BCUT2D eigenvalue weighted by atomic mass is 10.5. The lowest BCUT2D eigenvalue weighted by molar-refractivity contribution is -0.168. The van der Waals surface area contributed by atoms with Crippen LogP contribution in [-0.2, 0) is 14.3 Å². The molecule has 0 aliphatic rings. The predicted octanol–water partition coefficient (Wildman–Crippen LogP) is 0.731. The highest BCUT2D eigenvalue weighted by Gasteiger charge is 2.22. The summed E-state index contributed by atoms with van der Waals surface area (Å²) in [6, 6.07) is 0. The molecule has 0 aromatic carbocycles. The molecule has 1 atom stereocenters. The Labute approximate surface area is 70.6 Å². The molecule has 0 saturated carbocycles. The minimum atomic E-state index is -3.44. The van der Waals surface area contributed by atoms with Crippen molar-refractivity contribution in [3.63, 3.8) is 0 Å². The van der Waals surface area contributed by atoms with E-state index in [9.17, 15) is 22.8 Å². The van der Waals surface area contributed by atoms with E-state index < -0.39 is 24.7 Å². The number of carboxylic acids is 1. The van der Waals surface area contributed by atoms with Gasteiger partial charge in [0, 0.05) is 12.2 Å². The molecular formula is C6H5F3O4. The molecule has 0 rings (SSSR count). The van der Waals surface area contributed by atoms with Crippen LogP contribution in [0.15, 0.2) is 12.2 Å². The van der Waals surface area contributed by atoms with Gasteiger partial charge in [-0.3, -0.25) is 0 Å². The predicted molar refractivity (Wildman–Crippen MR) is 33.8 cm³/mol. The number of carboxylic acid groups (broad SMARTS) is 1. The van der Waals surface area contributed by atoms with Crippen LogP contribution in [0.5, 0.6) is 0 Å². The van der Waals surface area contributed by atoms with Crippen molar-refractivity contribution in [2.24, 2.45) is 0 Å². The van der Waals surface area contributed by atoms with E-state index in [1.165, 1.54) is 0 Å². The fourth-order valence-electron chi connectivity index (χ4n) is 0.341. The van der Waals surface area contributed by atoms with Crippen molar-refractivity contribution in [1.82, 2.24) is 0 Å². The summed E-state index contributed by atoms with van der Waals surface area (Å²) in [4.78, 5) is 20.1. The molecule has 0 spiro atoms. The molecule has 1 N–H and O–H groups in total. The zero-order chi connectivity index (χ0) is 10.4. The van der Waals surface area contributed by atoms with Crippen LogP contribution in [0, 0.1) is 0 Å². The number of carbonyl (C=O) groups is 2. The molecule has 1 unspecified atom stereocenters. The first-order chi connectivity index (χ1) is 5.93. The van der Waals surface area contributed by atoms with Gasteiger partial charge in [0.25, 0.3) is 0 Å². The summed E-state index contributed by atoms with van der Waals surface area (Å²) >= 11 is 0. The van der Waals surface area contributed by atoms with Crippen molar-refractivity contribution in [2.45, 2.75) is 12.8 Å². The summed E-state index contributed by atoms with van der Waals surface area (Å²) in [5, 5.41) is 7.97. The minimum Gasteiger partial charge on any atom is -0.478 e. The van der Waals surface area contributed by atoms with Crippen LogP contribution < -0.4 is 0 Å². The molecule has 74 valence electrons. The summed E-state index contributed by atoms with van der Waals surface area (Å²) in [5.41, 5.74) is 0. The van der Waals surface area contributed by atoms with Crippen molar-refractivity contribution < 1.29 is 32.6 Å². The van der Waals surface area contributed by atoms with Gasteiger partial charge >= 0.3 is 24.7 Å². The van der Waals surface area contributed by atoms with Gasteiger partial charge < -0.3 is 9.84 Å². The molecule has 0 aliphatic heterocycles. The molecule has 0 fully saturated rings. The van der Waals surface area contributed by atoms with Crippen LogP contribution in [0.3, 0.4) is 0 Å². The van der Waals surface area contributed by atoms with Gasteiger partial charge in [-0.2, -0.15) is 4.39 Å². The van der Waals surface area contributed by atoms with Gasteiger partial charge in [0.1, 0.15) is 0 Å². The molecule has 0 amide bonds. The second-order valence-corrected chi connectivity index (χ2v) is 1.79. The molecule has 4 nitrogen and oxygen atoms in total. The molecule has 13 heavy (non-hydrogen) atoms. The molecule has 0 radical (unpaired) electrons. The van der Waals surface area contributed by atoms with E-state index in [1.54, 1.807) is 0 Å². The third-order valence-corrected chi connectivity index (χ3v) is 0.789. The Bertz CT molecular complexity index is 226. The lowest BCUT2D eigenvalue weighted by Crippen LogP contribution is -2.19. The van der Waals surface area contributed by atoms with Crippen LogP contribution in [-0.4, -0.2) is 29.8 Å². The van der Waals surface area contributed by atoms with Crippen molar-refractivity contribution >= 4 is 11.9 Å². The van der Waals surface area contributed by atoms with Gasteiger partial charge in [-0.05, 0) is 0 Å². The number of carbonyl (C=O) groups excluding carboxylic acids is 1. The van der Waals surface area contributed by atoms with Gasteiger partial charge in [-0.15, -0.1) is 0 Å². The average Bonchev–Trinajstić information content (AvgIpc) is 2.00. The monoisotopic (exact) mass is 198 g/mol. The van der Waals surface area contributed by atoms with Crippen molar-refractivity contribution in [3.05, 3.63) is 12.2 Å². The zero-order valence-corrected chi connectivity index (χ0v) is 6.12. The highest BCUT2D eigenvalue weighted by molar-refractivity contribution is 5.90. The molecule has 0 aromatic rings. The number of esters is 1. The van der Waals surface area contributed by atoms with Crippen LogP contribution in [0.1, 0.15) is 0 Å². The summed E-state index contributed by atoms with van der Waals surface area (Å²) in [6.07, 6.45) is -5.80. The molecular weight excluding hydrogens is 193 g/mol.